The highest BCUT2D eigenvalue weighted by molar-refractivity contribution is 6.52. The number of aromatic nitrogens is 1. The van der Waals surface area contributed by atoms with Crippen LogP contribution in [-0.2, 0) is 9.31 Å². The molecular formula is C14H18BNO5. The van der Waals surface area contributed by atoms with Gasteiger partial charge in [-0.2, -0.15) is 0 Å². The first-order valence-electron chi connectivity index (χ1n) is 6.63. The van der Waals surface area contributed by atoms with E-state index in [2.05, 4.69) is 4.98 Å². The van der Waals surface area contributed by atoms with E-state index in [1.54, 1.807) is 12.1 Å². The molecule has 1 fully saturated rings. The van der Waals surface area contributed by atoms with Crippen molar-refractivity contribution in [3.8, 4) is 0 Å². The molecule has 1 aromatic rings. The summed E-state index contributed by atoms with van der Waals surface area (Å²) in [6.45, 7) is 7.76. The number of rotatable bonds is 3. The van der Waals surface area contributed by atoms with Crippen molar-refractivity contribution in [3.05, 3.63) is 39.7 Å². The van der Waals surface area contributed by atoms with Crippen molar-refractivity contribution in [1.29, 1.82) is 0 Å². The highest BCUT2D eigenvalue weighted by atomic mass is 16.7. The van der Waals surface area contributed by atoms with Crippen molar-refractivity contribution in [2.45, 2.75) is 38.9 Å². The molecule has 112 valence electrons. The average Bonchev–Trinajstić information content (AvgIpc) is 2.56. The van der Waals surface area contributed by atoms with Crippen molar-refractivity contribution in [2.75, 3.05) is 0 Å². The van der Waals surface area contributed by atoms with E-state index in [9.17, 15) is 9.59 Å². The Morgan fingerprint density at radius 2 is 1.81 bits per heavy atom. The fraction of sp³-hybridized carbons (Fsp3) is 0.429. The Hall–Kier alpha value is -1.86. The van der Waals surface area contributed by atoms with Crippen LogP contribution in [-0.4, -0.2) is 34.4 Å². The minimum Gasteiger partial charge on any atom is -0.477 e. The molecule has 0 unspecified atom stereocenters. The number of aromatic amines is 1. The Balaban J connectivity index is 2.17. The van der Waals surface area contributed by atoms with Crippen LogP contribution >= 0.6 is 0 Å². The molecule has 0 aromatic carbocycles. The topological polar surface area (TPSA) is 88.6 Å². The summed E-state index contributed by atoms with van der Waals surface area (Å²) in [7, 11) is -0.548. The van der Waals surface area contributed by atoms with Crippen LogP contribution in [0.4, 0.5) is 0 Å². The van der Waals surface area contributed by atoms with Crippen LogP contribution in [0.15, 0.2) is 22.9 Å². The summed E-state index contributed by atoms with van der Waals surface area (Å²) in [6.07, 6.45) is 1.56. The molecule has 0 spiro atoms. The number of carbonyl (C=O) groups is 1. The van der Waals surface area contributed by atoms with Crippen LogP contribution < -0.4 is 5.56 Å². The van der Waals surface area contributed by atoms with Gasteiger partial charge in [0.15, 0.2) is 0 Å². The van der Waals surface area contributed by atoms with Crippen molar-refractivity contribution in [1.82, 2.24) is 4.98 Å². The third-order valence-corrected chi connectivity index (χ3v) is 3.87. The maximum absolute atomic E-state index is 11.8. The van der Waals surface area contributed by atoms with Gasteiger partial charge < -0.3 is 19.4 Å². The number of pyridine rings is 1. The van der Waals surface area contributed by atoms with E-state index in [1.165, 1.54) is 12.1 Å². The summed E-state index contributed by atoms with van der Waals surface area (Å²) < 4.78 is 11.5. The predicted molar refractivity (Wildman–Crippen MR) is 79.1 cm³/mol. The van der Waals surface area contributed by atoms with Gasteiger partial charge in [0, 0.05) is 5.56 Å². The van der Waals surface area contributed by atoms with Crippen LogP contribution in [0.3, 0.4) is 0 Å². The maximum Gasteiger partial charge on any atom is 0.487 e. The van der Waals surface area contributed by atoms with Gasteiger partial charge in [-0.25, -0.2) is 4.79 Å². The Morgan fingerprint density at radius 1 is 1.24 bits per heavy atom. The average molecular weight is 291 g/mol. The Labute approximate surface area is 122 Å². The monoisotopic (exact) mass is 291 g/mol. The van der Waals surface area contributed by atoms with Crippen LogP contribution in [0.25, 0.3) is 6.08 Å². The predicted octanol–water partition coefficient (Wildman–Crippen LogP) is 1.72. The van der Waals surface area contributed by atoms with E-state index in [4.69, 9.17) is 14.4 Å². The largest absolute Gasteiger partial charge is 0.487 e. The van der Waals surface area contributed by atoms with Gasteiger partial charge in [0.05, 0.1) is 11.2 Å². The van der Waals surface area contributed by atoms with Gasteiger partial charge in [-0.15, -0.1) is 0 Å². The molecule has 0 atom stereocenters. The van der Waals surface area contributed by atoms with Gasteiger partial charge in [-0.3, -0.25) is 4.79 Å². The normalized spacial score (nSPS) is 20.1. The van der Waals surface area contributed by atoms with Crippen LogP contribution in [0.1, 0.15) is 43.7 Å². The molecule has 21 heavy (non-hydrogen) atoms. The van der Waals surface area contributed by atoms with Gasteiger partial charge in [-0.05, 0) is 39.8 Å². The molecule has 1 aliphatic rings. The van der Waals surface area contributed by atoms with Gasteiger partial charge in [0.1, 0.15) is 5.69 Å². The lowest BCUT2D eigenvalue weighted by Gasteiger charge is -2.32. The lowest BCUT2D eigenvalue weighted by Crippen LogP contribution is -2.41. The first-order chi connectivity index (χ1) is 9.62. The number of carboxylic acids is 1. The van der Waals surface area contributed by atoms with Crippen molar-refractivity contribution in [2.24, 2.45) is 0 Å². The second-order valence-electron chi connectivity index (χ2n) is 5.95. The third-order valence-electron chi connectivity index (χ3n) is 3.87. The van der Waals surface area contributed by atoms with E-state index >= 15 is 0 Å². The first kappa shape index (κ1) is 15.5. The van der Waals surface area contributed by atoms with Crippen molar-refractivity contribution >= 4 is 19.2 Å². The molecule has 0 bridgehead atoms. The first-order valence-corrected chi connectivity index (χ1v) is 6.63. The number of aromatic carboxylic acids is 1. The summed E-state index contributed by atoms with van der Waals surface area (Å²) in [4.78, 5) is 24.8. The molecule has 1 saturated heterocycles. The number of hydrogen-bond acceptors (Lipinski definition) is 4. The van der Waals surface area contributed by atoms with Crippen LogP contribution in [0, 0.1) is 0 Å². The lowest BCUT2D eigenvalue weighted by molar-refractivity contribution is 0.00578. The molecule has 2 heterocycles. The zero-order chi connectivity index (χ0) is 15.8. The van der Waals surface area contributed by atoms with E-state index in [1.807, 2.05) is 27.7 Å². The molecule has 0 amide bonds. The molecule has 0 saturated carbocycles. The summed E-state index contributed by atoms with van der Waals surface area (Å²) >= 11 is 0. The molecule has 1 aliphatic heterocycles. The summed E-state index contributed by atoms with van der Waals surface area (Å²) in [6, 6.07) is 2.79. The zero-order valence-corrected chi connectivity index (χ0v) is 12.5. The Morgan fingerprint density at radius 3 is 2.29 bits per heavy atom. The standard InChI is InChI=1S/C14H18BNO5/c1-13(2)14(3,4)21-15(20-13)8-7-9-5-6-10(12(18)19)16-11(9)17/h5-8H,1-4H3,(H,16,17)(H,18,19)/b8-7+. The summed E-state index contributed by atoms with van der Waals surface area (Å²) in [5.74, 6) is 0.468. The molecule has 2 rings (SSSR count). The van der Waals surface area contributed by atoms with Gasteiger partial charge in [0.2, 0.25) is 0 Å². The number of carboxylic acid groups (broad SMARTS) is 1. The molecule has 0 aliphatic carbocycles. The maximum atomic E-state index is 11.8. The van der Waals surface area contributed by atoms with Gasteiger partial charge in [0.25, 0.3) is 5.56 Å². The SMILES string of the molecule is CC1(C)OB(/C=C/c2ccc(C(=O)O)[nH]c2=O)OC1(C)C. The molecular weight excluding hydrogens is 273 g/mol. The fourth-order valence-corrected chi connectivity index (χ4v) is 1.89. The van der Waals surface area contributed by atoms with Gasteiger partial charge >= 0.3 is 13.1 Å². The van der Waals surface area contributed by atoms with Crippen LogP contribution in [0.2, 0.25) is 0 Å². The van der Waals surface area contributed by atoms with Crippen molar-refractivity contribution < 1.29 is 19.2 Å². The highest BCUT2D eigenvalue weighted by Gasteiger charge is 2.49. The number of H-pyrrole nitrogens is 1. The minimum atomic E-state index is -1.17. The summed E-state index contributed by atoms with van der Waals surface area (Å²) in [5.41, 5.74) is -1.16. The van der Waals surface area contributed by atoms with Gasteiger partial charge in [-0.1, -0.05) is 12.1 Å². The zero-order valence-electron chi connectivity index (χ0n) is 12.5. The number of nitrogens with one attached hydrogen (secondary N) is 1. The van der Waals surface area contributed by atoms with E-state index in [0.29, 0.717) is 5.56 Å². The smallest absolute Gasteiger partial charge is 0.477 e. The molecule has 1 aromatic heterocycles. The Kier molecular flexibility index (Phi) is 3.82. The third kappa shape index (κ3) is 3.09. The minimum absolute atomic E-state index is 0.146. The molecule has 7 heteroatoms. The van der Waals surface area contributed by atoms with E-state index in [0.717, 1.165) is 0 Å². The Bertz CT molecular complexity index is 631. The molecule has 0 radical (unpaired) electrons. The van der Waals surface area contributed by atoms with E-state index < -0.39 is 29.8 Å². The molecule has 2 N–H and O–H groups in total. The highest BCUT2D eigenvalue weighted by Crippen LogP contribution is 2.36. The molecule has 6 nitrogen and oxygen atoms in total. The number of hydrogen-bond donors (Lipinski definition) is 2. The lowest BCUT2D eigenvalue weighted by atomic mass is 9.89. The van der Waals surface area contributed by atoms with Crippen molar-refractivity contribution in [3.63, 3.8) is 0 Å². The second kappa shape index (κ2) is 5.16. The summed E-state index contributed by atoms with van der Waals surface area (Å²) in [5, 5.41) is 8.79. The quantitative estimate of drug-likeness (QED) is 0.828. The van der Waals surface area contributed by atoms with Crippen LogP contribution in [0.5, 0.6) is 0 Å². The van der Waals surface area contributed by atoms with E-state index in [-0.39, 0.29) is 5.69 Å². The second-order valence-corrected chi connectivity index (χ2v) is 5.95. The fourth-order valence-electron chi connectivity index (χ4n) is 1.89.